The van der Waals surface area contributed by atoms with Crippen molar-refractivity contribution in [3.05, 3.63) is 65.7 Å². The summed E-state index contributed by atoms with van der Waals surface area (Å²) in [7, 11) is 0. The first-order valence-electron chi connectivity index (χ1n) is 9.48. The molecule has 0 saturated carbocycles. The summed E-state index contributed by atoms with van der Waals surface area (Å²) in [6.07, 6.45) is 0.146. The fourth-order valence-corrected chi connectivity index (χ4v) is 2.64. The van der Waals surface area contributed by atoms with Crippen molar-refractivity contribution in [2.24, 2.45) is 5.73 Å². The summed E-state index contributed by atoms with van der Waals surface area (Å²) < 4.78 is 10.5. The van der Waals surface area contributed by atoms with Gasteiger partial charge in [-0.05, 0) is 30.2 Å². The number of esters is 1. The molecule has 2 rings (SSSR count). The second-order valence-electron chi connectivity index (χ2n) is 6.45. The predicted octanol–water partition coefficient (Wildman–Crippen LogP) is 2.12. The lowest BCUT2D eigenvalue weighted by Gasteiger charge is -2.16. The van der Waals surface area contributed by atoms with E-state index in [9.17, 15) is 14.4 Å². The SMILES string of the molecule is CCOC(=O)CCC(=O)N[C@H](Cc1ccc(OCc2ccccc2)cc1)C(N)=O. The molecule has 7 heteroatoms. The highest BCUT2D eigenvalue weighted by molar-refractivity contribution is 5.88. The number of nitrogens with two attached hydrogens (primary N) is 1. The van der Waals surface area contributed by atoms with Gasteiger partial charge in [0.15, 0.2) is 0 Å². The Balaban J connectivity index is 1.85. The van der Waals surface area contributed by atoms with Crippen LogP contribution in [0.4, 0.5) is 0 Å². The highest BCUT2D eigenvalue weighted by atomic mass is 16.5. The van der Waals surface area contributed by atoms with Gasteiger partial charge < -0.3 is 20.5 Å². The molecule has 2 aromatic carbocycles. The summed E-state index contributed by atoms with van der Waals surface area (Å²) in [5.74, 6) is -0.820. The Hall–Kier alpha value is -3.35. The maximum Gasteiger partial charge on any atom is 0.306 e. The monoisotopic (exact) mass is 398 g/mol. The van der Waals surface area contributed by atoms with Crippen LogP contribution in [0.1, 0.15) is 30.9 Å². The molecule has 154 valence electrons. The zero-order valence-corrected chi connectivity index (χ0v) is 16.4. The molecule has 2 amide bonds. The lowest BCUT2D eigenvalue weighted by molar-refractivity contribution is -0.144. The van der Waals surface area contributed by atoms with E-state index in [0.29, 0.717) is 12.4 Å². The Morgan fingerprint density at radius 1 is 0.966 bits per heavy atom. The zero-order chi connectivity index (χ0) is 21.1. The molecule has 0 saturated heterocycles. The summed E-state index contributed by atoms with van der Waals surface area (Å²) in [5, 5.41) is 2.57. The molecule has 0 spiro atoms. The van der Waals surface area contributed by atoms with Crippen LogP contribution >= 0.6 is 0 Å². The van der Waals surface area contributed by atoms with Crippen molar-refractivity contribution < 1.29 is 23.9 Å². The van der Waals surface area contributed by atoms with Crippen LogP contribution in [-0.4, -0.2) is 30.4 Å². The van der Waals surface area contributed by atoms with Crippen LogP contribution in [0.25, 0.3) is 0 Å². The van der Waals surface area contributed by atoms with E-state index < -0.39 is 23.8 Å². The first-order chi connectivity index (χ1) is 14.0. The third-order valence-electron chi connectivity index (χ3n) is 4.15. The van der Waals surface area contributed by atoms with Crippen LogP contribution in [0.3, 0.4) is 0 Å². The van der Waals surface area contributed by atoms with E-state index in [2.05, 4.69) is 5.32 Å². The quantitative estimate of drug-likeness (QED) is 0.564. The largest absolute Gasteiger partial charge is 0.489 e. The van der Waals surface area contributed by atoms with Gasteiger partial charge in [-0.25, -0.2) is 0 Å². The molecule has 29 heavy (non-hydrogen) atoms. The molecule has 0 radical (unpaired) electrons. The lowest BCUT2D eigenvalue weighted by atomic mass is 10.0. The lowest BCUT2D eigenvalue weighted by Crippen LogP contribution is -2.45. The van der Waals surface area contributed by atoms with E-state index in [1.807, 2.05) is 42.5 Å². The number of primary amides is 1. The number of nitrogens with one attached hydrogen (secondary N) is 1. The summed E-state index contributed by atoms with van der Waals surface area (Å²) in [5.41, 5.74) is 7.30. The molecule has 0 aliphatic rings. The molecule has 0 aliphatic carbocycles. The second kappa shape index (κ2) is 11.5. The third kappa shape index (κ3) is 8.04. The van der Waals surface area contributed by atoms with E-state index in [1.165, 1.54) is 0 Å². The number of benzene rings is 2. The number of amides is 2. The maximum absolute atomic E-state index is 12.0. The molecule has 0 unspecified atom stereocenters. The minimum Gasteiger partial charge on any atom is -0.489 e. The van der Waals surface area contributed by atoms with Crippen molar-refractivity contribution in [1.82, 2.24) is 5.32 Å². The molecule has 0 bridgehead atoms. The first-order valence-corrected chi connectivity index (χ1v) is 9.48. The number of hydrogen-bond donors (Lipinski definition) is 2. The molecule has 0 aromatic heterocycles. The standard InChI is InChI=1S/C22H26N2O5/c1-2-28-21(26)13-12-20(25)24-19(22(23)27)14-16-8-10-18(11-9-16)29-15-17-6-4-3-5-7-17/h3-11,19H,2,12-15H2,1H3,(H2,23,27)(H,24,25)/t19-/m1/s1. The predicted molar refractivity (Wildman–Crippen MR) is 108 cm³/mol. The van der Waals surface area contributed by atoms with Crippen LogP contribution < -0.4 is 15.8 Å². The van der Waals surface area contributed by atoms with E-state index in [1.54, 1.807) is 19.1 Å². The van der Waals surface area contributed by atoms with Crippen LogP contribution in [0, 0.1) is 0 Å². The number of carbonyl (C=O) groups excluding carboxylic acids is 3. The van der Waals surface area contributed by atoms with Gasteiger partial charge in [-0.3, -0.25) is 14.4 Å². The molecular formula is C22H26N2O5. The number of hydrogen-bond acceptors (Lipinski definition) is 5. The van der Waals surface area contributed by atoms with Gasteiger partial charge in [0, 0.05) is 12.8 Å². The first kappa shape index (κ1) is 21.9. The Labute approximate surface area is 170 Å². The van der Waals surface area contributed by atoms with E-state index in [0.717, 1.165) is 11.1 Å². The van der Waals surface area contributed by atoms with Gasteiger partial charge in [-0.1, -0.05) is 42.5 Å². The Kier molecular flexibility index (Phi) is 8.69. The Morgan fingerprint density at radius 3 is 2.28 bits per heavy atom. The van der Waals surface area contributed by atoms with Crippen molar-refractivity contribution >= 4 is 17.8 Å². The molecule has 0 aliphatic heterocycles. The Morgan fingerprint density at radius 2 is 1.66 bits per heavy atom. The van der Waals surface area contributed by atoms with Crippen LogP contribution in [-0.2, 0) is 32.1 Å². The van der Waals surface area contributed by atoms with Gasteiger partial charge in [0.05, 0.1) is 13.0 Å². The second-order valence-corrected chi connectivity index (χ2v) is 6.45. The van der Waals surface area contributed by atoms with Crippen molar-refractivity contribution in [2.45, 2.75) is 38.8 Å². The number of ether oxygens (including phenoxy) is 2. The molecule has 3 N–H and O–H groups in total. The molecule has 2 aromatic rings. The van der Waals surface area contributed by atoms with Crippen molar-refractivity contribution in [3.63, 3.8) is 0 Å². The summed E-state index contributed by atoms with van der Waals surface area (Å²) >= 11 is 0. The average molecular weight is 398 g/mol. The number of rotatable bonds is 11. The van der Waals surface area contributed by atoms with E-state index in [-0.39, 0.29) is 25.9 Å². The maximum atomic E-state index is 12.0. The van der Waals surface area contributed by atoms with Crippen LogP contribution in [0.5, 0.6) is 5.75 Å². The van der Waals surface area contributed by atoms with E-state index >= 15 is 0 Å². The smallest absolute Gasteiger partial charge is 0.306 e. The van der Waals surface area contributed by atoms with Gasteiger partial charge in [0.25, 0.3) is 0 Å². The normalized spacial score (nSPS) is 11.3. The molecule has 1 atom stereocenters. The highest BCUT2D eigenvalue weighted by Crippen LogP contribution is 2.15. The highest BCUT2D eigenvalue weighted by Gasteiger charge is 2.19. The fourth-order valence-electron chi connectivity index (χ4n) is 2.64. The Bertz CT molecular complexity index is 806. The average Bonchev–Trinajstić information content (AvgIpc) is 2.72. The zero-order valence-electron chi connectivity index (χ0n) is 16.4. The molecule has 7 nitrogen and oxygen atoms in total. The van der Waals surface area contributed by atoms with Crippen LogP contribution in [0.2, 0.25) is 0 Å². The summed E-state index contributed by atoms with van der Waals surface area (Å²) in [4.78, 5) is 35.0. The van der Waals surface area contributed by atoms with Gasteiger partial charge in [-0.2, -0.15) is 0 Å². The molecule has 0 heterocycles. The number of carbonyl (C=O) groups is 3. The molecular weight excluding hydrogens is 372 g/mol. The van der Waals surface area contributed by atoms with Gasteiger partial charge in [0.1, 0.15) is 18.4 Å². The van der Waals surface area contributed by atoms with Gasteiger partial charge in [-0.15, -0.1) is 0 Å². The summed E-state index contributed by atoms with van der Waals surface area (Å²) in [6.45, 7) is 2.41. The minimum absolute atomic E-state index is 0.0431. The third-order valence-corrected chi connectivity index (χ3v) is 4.15. The topological polar surface area (TPSA) is 108 Å². The van der Waals surface area contributed by atoms with E-state index in [4.69, 9.17) is 15.2 Å². The fraction of sp³-hybridized carbons (Fsp3) is 0.318. The van der Waals surface area contributed by atoms with Crippen molar-refractivity contribution in [1.29, 1.82) is 0 Å². The van der Waals surface area contributed by atoms with Crippen LogP contribution in [0.15, 0.2) is 54.6 Å². The van der Waals surface area contributed by atoms with Crippen molar-refractivity contribution in [3.8, 4) is 5.75 Å². The van der Waals surface area contributed by atoms with Gasteiger partial charge in [0.2, 0.25) is 11.8 Å². The summed E-state index contributed by atoms with van der Waals surface area (Å²) in [6, 6.07) is 16.2. The molecule has 0 fully saturated rings. The minimum atomic E-state index is -0.860. The van der Waals surface area contributed by atoms with Gasteiger partial charge >= 0.3 is 5.97 Å². The van der Waals surface area contributed by atoms with Crippen molar-refractivity contribution in [2.75, 3.05) is 6.61 Å².